The Morgan fingerprint density at radius 2 is 2.00 bits per heavy atom. The Labute approximate surface area is 142 Å². The summed E-state index contributed by atoms with van der Waals surface area (Å²) in [6.07, 6.45) is -4.72. The number of rotatable bonds is 3. The zero-order chi connectivity index (χ0) is 17.6. The lowest BCUT2D eigenvalue weighted by Gasteiger charge is -2.11. The molecule has 0 amide bonds. The molecule has 0 aliphatic heterocycles. The minimum Gasteiger partial charge on any atom is -0.267 e. The highest BCUT2D eigenvalue weighted by Gasteiger charge is 2.38. The smallest absolute Gasteiger partial charge is 0.267 e. The maximum Gasteiger partial charge on any atom is 0.452 e. The van der Waals surface area contributed by atoms with Gasteiger partial charge in [0.25, 0.3) is 0 Å². The molecule has 128 valence electrons. The molecule has 0 aliphatic rings. The van der Waals surface area contributed by atoms with Crippen molar-refractivity contribution in [3.63, 3.8) is 0 Å². The number of alkyl halides is 3. The first-order chi connectivity index (χ1) is 11.2. The molecular formula is C14H12ClF3N4OS. The number of nitrogens with zero attached hydrogens (tertiary/aromatic N) is 4. The molecule has 5 nitrogen and oxygen atoms in total. The first-order valence-electron chi connectivity index (χ1n) is 6.98. The summed E-state index contributed by atoms with van der Waals surface area (Å²) in [4.78, 5) is 4.24. The van der Waals surface area contributed by atoms with Crippen LogP contribution in [0.15, 0.2) is 23.2 Å². The van der Waals surface area contributed by atoms with Crippen molar-refractivity contribution in [3.8, 4) is 0 Å². The van der Waals surface area contributed by atoms with Gasteiger partial charge in [-0.2, -0.15) is 13.2 Å². The van der Waals surface area contributed by atoms with Crippen LogP contribution in [0.2, 0.25) is 5.02 Å². The lowest BCUT2D eigenvalue weighted by atomic mass is 10.3. The summed E-state index contributed by atoms with van der Waals surface area (Å²) in [5, 5.41) is 7.07. The van der Waals surface area contributed by atoms with Crippen LogP contribution in [0.1, 0.15) is 19.7 Å². The van der Waals surface area contributed by atoms with Gasteiger partial charge in [0.2, 0.25) is 5.82 Å². The zero-order valence-electron chi connectivity index (χ0n) is 12.6. The van der Waals surface area contributed by atoms with Gasteiger partial charge in [0.1, 0.15) is 0 Å². The van der Waals surface area contributed by atoms with Gasteiger partial charge in [-0.3, -0.25) is 8.61 Å². The van der Waals surface area contributed by atoms with Gasteiger partial charge < -0.3 is 0 Å². The number of fused-ring (bicyclic) bond motifs is 3. The number of hydrogen-bond acceptors (Lipinski definition) is 4. The molecule has 2 aromatic heterocycles. The average Bonchev–Trinajstić information content (AvgIpc) is 2.90. The minimum absolute atomic E-state index is 0.0125. The third-order valence-corrected chi connectivity index (χ3v) is 5.12. The van der Waals surface area contributed by atoms with Gasteiger partial charge in [-0.1, -0.05) is 25.4 Å². The maximum atomic E-state index is 13.3. The van der Waals surface area contributed by atoms with E-state index in [0.717, 1.165) is 4.40 Å². The molecule has 0 N–H and O–H groups in total. The summed E-state index contributed by atoms with van der Waals surface area (Å²) < 4.78 is 53.1. The van der Waals surface area contributed by atoms with E-state index >= 15 is 0 Å². The Morgan fingerprint density at radius 1 is 1.29 bits per heavy atom. The summed E-state index contributed by atoms with van der Waals surface area (Å²) in [6.45, 7) is 3.72. The topological polar surface area (TPSA) is 60.2 Å². The van der Waals surface area contributed by atoms with Crippen LogP contribution in [0.3, 0.4) is 0 Å². The highest BCUT2D eigenvalue weighted by molar-refractivity contribution is 7.85. The molecule has 1 aromatic carbocycles. The van der Waals surface area contributed by atoms with Crippen LogP contribution >= 0.6 is 11.6 Å². The number of hydrogen-bond donors (Lipinski definition) is 0. The van der Waals surface area contributed by atoms with E-state index < -0.39 is 22.8 Å². The number of halogens is 4. The second-order valence-corrected chi connectivity index (χ2v) is 7.48. The molecule has 10 heteroatoms. The molecule has 24 heavy (non-hydrogen) atoms. The Kier molecular flexibility index (Phi) is 4.25. The van der Waals surface area contributed by atoms with Crippen LogP contribution in [-0.2, 0) is 17.0 Å². The lowest BCUT2D eigenvalue weighted by molar-refractivity contribution is -0.145. The van der Waals surface area contributed by atoms with Crippen molar-refractivity contribution in [1.82, 2.24) is 19.6 Å². The van der Waals surface area contributed by atoms with E-state index in [1.54, 1.807) is 0 Å². The van der Waals surface area contributed by atoms with Crippen molar-refractivity contribution in [2.75, 3.05) is 5.75 Å². The molecule has 0 radical (unpaired) electrons. The molecule has 3 aromatic rings. The van der Waals surface area contributed by atoms with Gasteiger partial charge in [0.05, 0.1) is 21.8 Å². The fraction of sp³-hybridized carbons (Fsp3) is 0.357. The Hall–Kier alpha value is -1.74. The van der Waals surface area contributed by atoms with Crippen LogP contribution in [0.5, 0.6) is 0 Å². The van der Waals surface area contributed by atoms with Gasteiger partial charge in [-0.05, 0) is 24.1 Å². The summed E-state index contributed by atoms with van der Waals surface area (Å²) in [5.41, 5.74) is 0.181. The highest BCUT2D eigenvalue weighted by atomic mass is 35.5. The highest BCUT2D eigenvalue weighted by Crippen LogP contribution is 2.32. The van der Waals surface area contributed by atoms with Crippen LogP contribution in [0, 0.1) is 5.92 Å². The molecule has 1 unspecified atom stereocenters. The summed E-state index contributed by atoms with van der Waals surface area (Å²) in [5.74, 6) is -0.857. The number of benzene rings is 1. The first-order valence-corrected chi connectivity index (χ1v) is 8.68. The third-order valence-electron chi connectivity index (χ3n) is 3.21. The van der Waals surface area contributed by atoms with Gasteiger partial charge in [-0.25, -0.2) is 4.98 Å². The van der Waals surface area contributed by atoms with Gasteiger partial charge in [0, 0.05) is 10.8 Å². The van der Waals surface area contributed by atoms with Gasteiger partial charge >= 0.3 is 6.18 Å². The zero-order valence-corrected chi connectivity index (χ0v) is 14.2. The Balaban J connectivity index is 2.40. The van der Waals surface area contributed by atoms with Crippen LogP contribution < -0.4 is 0 Å². The largest absolute Gasteiger partial charge is 0.452 e. The lowest BCUT2D eigenvalue weighted by Crippen LogP contribution is -2.13. The fourth-order valence-corrected chi connectivity index (χ4v) is 3.76. The SMILES string of the molecule is CC(C)CS(=O)c1nc2ccc(Cl)cc2n2c(C(F)(F)F)nnc12. The van der Waals surface area contributed by atoms with Crippen molar-refractivity contribution in [3.05, 3.63) is 29.0 Å². The number of aromatic nitrogens is 4. The van der Waals surface area contributed by atoms with E-state index in [1.165, 1.54) is 18.2 Å². The summed E-state index contributed by atoms with van der Waals surface area (Å²) in [7, 11) is -1.60. The molecule has 0 saturated carbocycles. The van der Waals surface area contributed by atoms with Gasteiger partial charge in [0.15, 0.2) is 10.7 Å². The van der Waals surface area contributed by atoms with E-state index in [4.69, 9.17) is 11.6 Å². The minimum atomic E-state index is -4.72. The second-order valence-electron chi connectivity index (χ2n) is 5.64. The van der Waals surface area contributed by atoms with Crippen molar-refractivity contribution >= 4 is 39.1 Å². The van der Waals surface area contributed by atoms with E-state index in [2.05, 4.69) is 15.2 Å². The average molecular weight is 377 g/mol. The van der Waals surface area contributed by atoms with Crippen molar-refractivity contribution < 1.29 is 17.4 Å². The predicted molar refractivity (Wildman–Crippen MR) is 84.4 cm³/mol. The Morgan fingerprint density at radius 3 is 2.62 bits per heavy atom. The normalized spacial score (nSPS) is 14.0. The van der Waals surface area contributed by atoms with E-state index in [1.807, 2.05) is 13.8 Å². The molecule has 0 bridgehead atoms. The predicted octanol–water partition coefficient (Wildman–Crippen LogP) is 3.71. The molecule has 0 spiro atoms. The quantitative estimate of drug-likeness (QED) is 0.699. The first kappa shape index (κ1) is 17.1. The molecule has 2 heterocycles. The molecule has 1 atom stereocenters. The molecular weight excluding hydrogens is 365 g/mol. The molecule has 3 rings (SSSR count). The molecule has 0 aliphatic carbocycles. The van der Waals surface area contributed by atoms with E-state index in [9.17, 15) is 17.4 Å². The Bertz CT molecular complexity index is 954. The maximum absolute atomic E-state index is 13.3. The molecule has 0 saturated heterocycles. The van der Waals surface area contributed by atoms with Crippen molar-refractivity contribution in [2.24, 2.45) is 5.92 Å². The standard InChI is InChI=1S/C14H12ClF3N4OS/c1-7(2)6-24(23)12-11-20-21-13(14(16,17)18)22(11)10-5-8(15)3-4-9(10)19-12/h3-5,7H,6H2,1-2H3. The summed E-state index contributed by atoms with van der Waals surface area (Å²) in [6, 6.07) is 4.34. The second kappa shape index (κ2) is 5.96. The van der Waals surface area contributed by atoms with Crippen LogP contribution in [0.4, 0.5) is 13.2 Å². The van der Waals surface area contributed by atoms with Crippen molar-refractivity contribution in [1.29, 1.82) is 0 Å². The monoisotopic (exact) mass is 376 g/mol. The van der Waals surface area contributed by atoms with E-state index in [-0.39, 0.29) is 38.4 Å². The van der Waals surface area contributed by atoms with Crippen LogP contribution in [-0.4, -0.2) is 29.5 Å². The van der Waals surface area contributed by atoms with Gasteiger partial charge in [-0.15, -0.1) is 10.2 Å². The third kappa shape index (κ3) is 2.98. The van der Waals surface area contributed by atoms with Crippen molar-refractivity contribution in [2.45, 2.75) is 25.0 Å². The molecule has 0 fully saturated rings. The fourth-order valence-electron chi connectivity index (χ4n) is 2.30. The summed E-state index contributed by atoms with van der Waals surface area (Å²) >= 11 is 5.90. The van der Waals surface area contributed by atoms with Crippen LogP contribution in [0.25, 0.3) is 16.7 Å². The van der Waals surface area contributed by atoms with E-state index in [0.29, 0.717) is 0 Å².